The van der Waals surface area contributed by atoms with Crippen LogP contribution in [0.4, 0.5) is 15.8 Å². The van der Waals surface area contributed by atoms with Gasteiger partial charge in [0, 0.05) is 24.7 Å². The lowest BCUT2D eigenvalue weighted by molar-refractivity contribution is -0.384. The number of hydrogen-bond acceptors (Lipinski definition) is 4. The fraction of sp³-hybridized carbons (Fsp3) is 0.462. The van der Waals surface area contributed by atoms with Crippen LogP contribution in [0.5, 0.6) is 0 Å². The van der Waals surface area contributed by atoms with Crippen LogP contribution < -0.4 is 4.90 Å². The van der Waals surface area contributed by atoms with E-state index in [-0.39, 0.29) is 22.4 Å². The van der Waals surface area contributed by atoms with Crippen molar-refractivity contribution >= 4 is 28.9 Å². The van der Waals surface area contributed by atoms with Crippen molar-refractivity contribution in [3.05, 3.63) is 33.1 Å². The van der Waals surface area contributed by atoms with E-state index in [1.165, 1.54) is 0 Å². The molecule has 0 saturated carbocycles. The maximum absolute atomic E-state index is 13.6. The summed E-state index contributed by atoms with van der Waals surface area (Å²) in [5.74, 6) is -2.09. The van der Waals surface area contributed by atoms with Crippen molar-refractivity contribution in [3.63, 3.8) is 0 Å². The number of carbonyl (C=O) groups is 1. The predicted molar refractivity (Wildman–Crippen MR) is 75.2 cm³/mol. The minimum absolute atomic E-state index is 0.137. The van der Waals surface area contributed by atoms with Crippen molar-refractivity contribution in [3.8, 4) is 0 Å². The van der Waals surface area contributed by atoms with Crippen molar-refractivity contribution in [2.45, 2.75) is 25.8 Å². The van der Waals surface area contributed by atoms with E-state index in [0.717, 1.165) is 12.1 Å². The van der Waals surface area contributed by atoms with Gasteiger partial charge in [-0.05, 0) is 19.8 Å². The van der Waals surface area contributed by atoms with E-state index < -0.39 is 22.6 Å². The van der Waals surface area contributed by atoms with E-state index in [1.807, 2.05) is 0 Å². The van der Waals surface area contributed by atoms with Gasteiger partial charge < -0.3 is 10.0 Å². The number of rotatable bonds is 3. The summed E-state index contributed by atoms with van der Waals surface area (Å²) >= 11 is 5.59. The third-order valence-corrected chi connectivity index (χ3v) is 4.04. The van der Waals surface area contributed by atoms with Gasteiger partial charge in [0.05, 0.1) is 15.9 Å². The molecule has 1 aliphatic rings. The minimum Gasteiger partial charge on any atom is -0.481 e. The maximum Gasteiger partial charge on any atom is 0.306 e. The fourth-order valence-corrected chi connectivity index (χ4v) is 2.81. The number of carboxylic acids is 1. The molecule has 0 bridgehead atoms. The Bertz CT molecular complexity index is 596. The molecule has 0 spiro atoms. The Hall–Kier alpha value is -1.89. The highest BCUT2D eigenvalue weighted by molar-refractivity contribution is 6.31. The molecule has 1 N–H and O–H groups in total. The smallest absolute Gasteiger partial charge is 0.306 e. The molecule has 2 rings (SSSR count). The SMILES string of the molecule is CC1CC(C(=O)O)CCN1c1cc(F)c(Cl)cc1[N+](=O)[O-]. The third-order valence-electron chi connectivity index (χ3n) is 3.75. The van der Waals surface area contributed by atoms with E-state index in [2.05, 4.69) is 0 Å². The lowest BCUT2D eigenvalue weighted by Crippen LogP contribution is -2.43. The Kier molecular flexibility index (Phi) is 4.32. The molecule has 0 amide bonds. The monoisotopic (exact) mass is 316 g/mol. The van der Waals surface area contributed by atoms with Crippen LogP contribution in [0.1, 0.15) is 19.8 Å². The maximum atomic E-state index is 13.6. The van der Waals surface area contributed by atoms with Gasteiger partial charge >= 0.3 is 5.97 Å². The molecular formula is C13H14ClFN2O4. The molecule has 0 radical (unpaired) electrons. The number of anilines is 1. The molecule has 6 nitrogen and oxygen atoms in total. The van der Waals surface area contributed by atoms with Crippen LogP contribution in [0.25, 0.3) is 0 Å². The number of nitrogens with zero attached hydrogens (tertiary/aromatic N) is 2. The number of benzene rings is 1. The molecule has 114 valence electrons. The molecule has 2 unspecified atom stereocenters. The van der Waals surface area contributed by atoms with Gasteiger partial charge in [0.15, 0.2) is 0 Å². The van der Waals surface area contributed by atoms with E-state index in [1.54, 1.807) is 11.8 Å². The Morgan fingerprint density at radius 2 is 2.24 bits per heavy atom. The minimum atomic E-state index is -0.877. The van der Waals surface area contributed by atoms with Crippen LogP contribution in [0.3, 0.4) is 0 Å². The summed E-state index contributed by atoms with van der Waals surface area (Å²) < 4.78 is 13.6. The second-order valence-electron chi connectivity index (χ2n) is 5.11. The lowest BCUT2D eigenvalue weighted by Gasteiger charge is -2.37. The number of nitro benzene ring substituents is 1. The highest BCUT2D eigenvalue weighted by Gasteiger charge is 2.33. The van der Waals surface area contributed by atoms with Crippen molar-refractivity contribution < 1.29 is 19.2 Å². The number of nitro groups is 1. The first-order chi connectivity index (χ1) is 9.81. The second kappa shape index (κ2) is 5.85. The molecule has 1 aromatic carbocycles. The van der Waals surface area contributed by atoms with E-state index >= 15 is 0 Å². The van der Waals surface area contributed by atoms with Crippen LogP contribution >= 0.6 is 11.6 Å². The zero-order chi connectivity index (χ0) is 15.7. The second-order valence-corrected chi connectivity index (χ2v) is 5.52. The molecule has 1 heterocycles. The van der Waals surface area contributed by atoms with Gasteiger partial charge in [0.2, 0.25) is 0 Å². The topological polar surface area (TPSA) is 83.7 Å². The summed E-state index contributed by atoms with van der Waals surface area (Å²) in [6.45, 7) is 2.09. The molecule has 1 aliphatic heterocycles. The average Bonchev–Trinajstić information content (AvgIpc) is 2.41. The van der Waals surface area contributed by atoms with Crippen LogP contribution in [0, 0.1) is 21.8 Å². The average molecular weight is 317 g/mol. The molecule has 8 heteroatoms. The van der Waals surface area contributed by atoms with Crippen LogP contribution in [-0.4, -0.2) is 28.6 Å². The zero-order valence-electron chi connectivity index (χ0n) is 11.3. The van der Waals surface area contributed by atoms with Crippen molar-refractivity contribution in [1.82, 2.24) is 0 Å². The highest BCUT2D eigenvalue weighted by atomic mass is 35.5. The summed E-state index contributed by atoms with van der Waals surface area (Å²) in [5.41, 5.74) is -0.139. The number of halogens is 2. The molecule has 0 aliphatic carbocycles. The quantitative estimate of drug-likeness (QED) is 0.684. The van der Waals surface area contributed by atoms with Gasteiger partial charge in [-0.15, -0.1) is 0 Å². The molecule has 21 heavy (non-hydrogen) atoms. The molecule has 1 aromatic rings. The number of aliphatic carboxylic acids is 1. The summed E-state index contributed by atoms with van der Waals surface area (Å²) in [7, 11) is 0. The molecule has 1 fully saturated rings. The zero-order valence-corrected chi connectivity index (χ0v) is 12.0. The summed E-state index contributed by atoms with van der Waals surface area (Å²) in [4.78, 5) is 23.2. The summed E-state index contributed by atoms with van der Waals surface area (Å²) in [6.07, 6.45) is 0.720. The largest absolute Gasteiger partial charge is 0.481 e. The van der Waals surface area contributed by atoms with E-state index in [9.17, 15) is 19.3 Å². The normalized spacial score (nSPS) is 22.1. The van der Waals surface area contributed by atoms with Crippen molar-refractivity contribution in [2.24, 2.45) is 5.92 Å². The summed E-state index contributed by atoms with van der Waals surface area (Å²) in [6, 6.07) is 1.79. The van der Waals surface area contributed by atoms with Crippen LogP contribution in [-0.2, 0) is 4.79 Å². The van der Waals surface area contributed by atoms with Crippen molar-refractivity contribution in [2.75, 3.05) is 11.4 Å². The van der Waals surface area contributed by atoms with Crippen LogP contribution in [0.2, 0.25) is 5.02 Å². The standard InChI is InChI=1S/C13H14ClFN2O4/c1-7-4-8(13(18)19)2-3-16(7)11-6-10(15)9(14)5-12(11)17(20)21/h5-8H,2-4H2,1H3,(H,18,19). The lowest BCUT2D eigenvalue weighted by atomic mass is 9.91. The van der Waals surface area contributed by atoms with Gasteiger partial charge in [-0.3, -0.25) is 14.9 Å². The Labute approximate surface area is 125 Å². The first-order valence-corrected chi connectivity index (χ1v) is 6.82. The molecule has 2 atom stereocenters. The number of hydrogen-bond donors (Lipinski definition) is 1. The number of carboxylic acid groups (broad SMARTS) is 1. The first kappa shape index (κ1) is 15.5. The van der Waals surface area contributed by atoms with E-state index in [4.69, 9.17) is 16.7 Å². The van der Waals surface area contributed by atoms with Gasteiger partial charge in [-0.1, -0.05) is 11.6 Å². The third kappa shape index (κ3) is 3.07. The Balaban J connectivity index is 2.36. The van der Waals surface area contributed by atoms with Gasteiger partial charge in [-0.25, -0.2) is 4.39 Å². The number of piperidine rings is 1. The van der Waals surface area contributed by atoms with Gasteiger partial charge in [0.25, 0.3) is 5.69 Å². The predicted octanol–water partition coefficient (Wildman–Crippen LogP) is 3.08. The van der Waals surface area contributed by atoms with E-state index in [0.29, 0.717) is 19.4 Å². The Morgan fingerprint density at radius 1 is 1.57 bits per heavy atom. The molecular weight excluding hydrogens is 303 g/mol. The first-order valence-electron chi connectivity index (χ1n) is 6.44. The Morgan fingerprint density at radius 3 is 2.76 bits per heavy atom. The molecule has 0 aromatic heterocycles. The summed E-state index contributed by atoms with van der Waals surface area (Å²) in [5, 5.41) is 19.8. The van der Waals surface area contributed by atoms with Crippen LogP contribution in [0.15, 0.2) is 12.1 Å². The fourth-order valence-electron chi connectivity index (χ4n) is 2.66. The van der Waals surface area contributed by atoms with Gasteiger partial charge in [-0.2, -0.15) is 0 Å². The highest BCUT2D eigenvalue weighted by Crippen LogP contribution is 2.37. The molecule has 1 saturated heterocycles. The van der Waals surface area contributed by atoms with Gasteiger partial charge in [0.1, 0.15) is 11.5 Å². The van der Waals surface area contributed by atoms with Crippen molar-refractivity contribution in [1.29, 1.82) is 0 Å².